The van der Waals surface area contributed by atoms with Gasteiger partial charge in [0.15, 0.2) is 0 Å². The summed E-state index contributed by atoms with van der Waals surface area (Å²) in [5, 5.41) is 9.96. The second-order valence-corrected chi connectivity index (χ2v) is 5.97. The van der Waals surface area contributed by atoms with E-state index in [0.717, 1.165) is 32.7 Å². The average molecular weight is 293 g/mol. The van der Waals surface area contributed by atoms with Gasteiger partial charge in [-0.1, -0.05) is 6.07 Å². The maximum Gasteiger partial charge on any atom is 0.0900 e. The van der Waals surface area contributed by atoms with Crippen molar-refractivity contribution in [2.45, 2.75) is 32.6 Å². The van der Waals surface area contributed by atoms with Crippen LogP contribution in [0.15, 0.2) is 24.5 Å². The summed E-state index contributed by atoms with van der Waals surface area (Å²) in [5.41, 5.74) is 1.26. The van der Waals surface area contributed by atoms with E-state index in [1.54, 1.807) is 0 Å². The molecule has 1 fully saturated rings. The number of rotatable bonds is 7. The van der Waals surface area contributed by atoms with Crippen LogP contribution in [0.4, 0.5) is 0 Å². The number of aliphatic hydroxyl groups is 1. The molecule has 1 N–H and O–H groups in total. The van der Waals surface area contributed by atoms with Crippen LogP contribution in [0.5, 0.6) is 0 Å². The highest BCUT2D eigenvalue weighted by atomic mass is 16.5. The molecular weight excluding hydrogens is 266 g/mol. The highest BCUT2D eigenvalue weighted by Crippen LogP contribution is 2.08. The molecule has 0 amide bonds. The Morgan fingerprint density at radius 3 is 2.57 bits per heavy atom. The van der Waals surface area contributed by atoms with Crippen LogP contribution >= 0.6 is 0 Å². The third-order valence-electron chi connectivity index (χ3n) is 3.68. The normalized spacial score (nSPS) is 19.0. The third-order valence-corrected chi connectivity index (χ3v) is 3.68. The van der Waals surface area contributed by atoms with E-state index in [0.29, 0.717) is 13.2 Å². The van der Waals surface area contributed by atoms with Gasteiger partial charge in [-0.15, -0.1) is 0 Å². The molecule has 0 bridgehead atoms. The Morgan fingerprint density at radius 1 is 1.24 bits per heavy atom. The Bertz CT molecular complexity index is 392. The standard InChI is InChI=1S/C16H27N3O2/c1-14(2)21-13-16(20)12-19-8-6-18(7-9-19)11-15-4-3-5-17-10-15/h3-5,10,14,16,20H,6-9,11-13H2,1-2H3/t16-/m0/s1. The number of aliphatic hydroxyl groups excluding tert-OH is 1. The number of pyridine rings is 1. The summed E-state index contributed by atoms with van der Waals surface area (Å²) < 4.78 is 5.45. The van der Waals surface area contributed by atoms with E-state index in [1.165, 1.54) is 5.56 Å². The van der Waals surface area contributed by atoms with E-state index in [2.05, 4.69) is 20.9 Å². The topological polar surface area (TPSA) is 48.8 Å². The summed E-state index contributed by atoms with van der Waals surface area (Å²) in [6, 6.07) is 4.10. The molecule has 118 valence electrons. The first kappa shape index (κ1) is 16.4. The Kier molecular flexibility index (Phi) is 6.57. The molecule has 1 saturated heterocycles. The van der Waals surface area contributed by atoms with Crippen molar-refractivity contribution in [1.82, 2.24) is 14.8 Å². The lowest BCUT2D eigenvalue weighted by molar-refractivity contribution is -0.0148. The zero-order valence-corrected chi connectivity index (χ0v) is 13.1. The number of hydrogen-bond acceptors (Lipinski definition) is 5. The van der Waals surface area contributed by atoms with Gasteiger partial charge in [-0.25, -0.2) is 0 Å². The largest absolute Gasteiger partial charge is 0.389 e. The maximum absolute atomic E-state index is 9.96. The SMILES string of the molecule is CC(C)OC[C@@H](O)CN1CCN(Cc2cccnc2)CC1. The quantitative estimate of drug-likeness (QED) is 0.812. The van der Waals surface area contributed by atoms with E-state index < -0.39 is 6.10 Å². The van der Waals surface area contributed by atoms with Crippen LogP contribution in [0, 0.1) is 0 Å². The van der Waals surface area contributed by atoms with E-state index in [9.17, 15) is 5.11 Å². The smallest absolute Gasteiger partial charge is 0.0900 e. The lowest BCUT2D eigenvalue weighted by Crippen LogP contribution is -2.48. The first-order valence-electron chi connectivity index (χ1n) is 7.77. The van der Waals surface area contributed by atoms with Crippen LogP contribution in [0.25, 0.3) is 0 Å². The number of nitrogens with zero attached hydrogens (tertiary/aromatic N) is 3. The van der Waals surface area contributed by atoms with Crippen molar-refractivity contribution in [3.8, 4) is 0 Å². The van der Waals surface area contributed by atoms with Crippen LogP contribution in [0.3, 0.4) is 0 Å². The van der Waals surface area contributed by atoms with Gasteiger partial charge in [0.25, 0.3) is 0 Å². The molecule has 2 rings (SSSR count). The van der Waals surface area contributed by atoms with Gasteiger partial charge in [0.1, 0.15) is 0 Å². The maximum atomic E-state index is 9.96. The van der Waals surface area contributed by atoms with Crippen molar-refractivity contribution >= 4 is 0 Å². The minimum atomic E-state index is -0.391. The third kappa shape index (κ3) is 6.09. The Labute approximate surface area is 127 Å². The van der Waals surface area contributed by atoms with E-state index in [-0.39, 0.29) is 6.10 Å². The van der Waals surface area contributed by atoms with Gasteiger partial charge in [0.05, 0.1) is 18.8 Å². The summed E-state index contributed by atoms with van der Waals surface area (Å²) in [6.45, 7) is 10.1. The molecule has 5 heteroatoms. The predicted molar refractivity (Wildman–Crippen MR) is 83.0 cm³/mol. The molecule has 0 radical (unpaired) electrons. The zero-order chi connectivity index (χ0) is 15.1. The number of β-amino-alcohol motifs (C(OH)–C–C–N with tert-alkyl or cyclic N) is 1. The Balaban J connectivity index is 1.66. The van der Waals surface area contributed by atoms with E-state index in [1.807, 2.05) is 32.3 Å². The lowest BCUT2D eigenvalue weighted by Gasteiger charge is -2.35. The first-order valence-corrected chi connectivity index (χ1v) is 7.77. The van der Waals surface area contributed by atoms with Crippen molar-refractivity contribution in [2.75, 3.05) is 39.3 Å². The number of hydrogen-bond donors (Lipinski definition) is 1. The van der Waals surface area contributed by atoms with Crippen LogP contribution in [-0.4, -0.2) is 71.4 Å². The molecule has 1 atom stereocenters. The lowest BCUT2D eigenvalue weighted by atomic mass is 10.2. The van der Waals surface area contributed by atoms with Gasteiger partial charge in [0, 0.05) is 51.7 Å². The minimum Gasteiger partial charge on any atom is -0.389 e. The highest BCUT2D eigenvalue weighted by Gasteiger charge is 2.19. The average Bonchev–Trinajstić information content (AvgIpc) is 2.48. The number of piperazine rings is 1. The molecule has 0 aromatic carbocycles. The fraction of sp³-hybridized carbons (Fsp3) is 0.688. The van der Waals surface area contributed by atoms with Gasteiger partial charge in [-0.05, 0) is 25.5 Å². The molecule has 0 unspecified atom stereocenters. The van der Waals surface area contributed by atoms with Crippen molar-refractivity contribution in [1.29, 1.82) is 0 Å². The molecule has 1 aromatic heterocycles. The second-order valence-electron chi connectivity index (χ2n) is 5.97. The van der Waals surface area contributed by atoms with Crippen LogP contribution in [0.1, 0.15) is 19.4 Å². The molecule has 1 aromatic rings. The fourth-order valence-corrected chi connectivity index (χ4v) is 2.53. The van der Waals surface area contributed by atoms with Crippen molar-refractivity contribution in [3.63, 3.8) is 0 Å². The number of ether oxygens (including phenoxy) is 1. The fourth-order valence-electron chi connectivity index (χ4n) is 2.53. The van der Waals surface area contributed by atoms with Crippen molar-refractivity contribution in [2.24, 2.45) is 0 Å². The molecule has 2 heterocycles. The van der Waals surface area contributed by atoms with Crippen LogP contribution < -0.4 is 0 Å². The molecule has 0 spiro atoms. The van der Waals surface area contributed by atoms with E-state index >= 15 is 0 Å². The molecule has 5 nitrogen and oxygen atoms in total. The molecule has 0 saturated carbocycles. The summed E-state index contributed by atoms with van der Waals surface area (Å²) >= 11 is 0. The van der Waals surface area contributed by atoms with Gasteiger partial charge < -0.3 is 9.84 Å². The summed E-state index contributed by atoms with van der Waals surface area (Å²) in [6.07, 6.45) is 3.52. The molecule has 21 heavy (non-hydrogen) atoms. The van der Waals surface area contributed by atoms with Gasteiger partial charge in [-0.3, -0.25) is 14.8 Å². The first-order chi connectivity index (χ1) is 10.1. The second kappa shape index (κ2) is 8.44. The summed E-state index contributed by atoms with van der Waals surface area (Å²) in [7, 11) is 0. The van der Waals surface area contributed by atoms with Gasteiger partial charge in [0.2, 0.25) is 0 Å². The van der Waals surface area contributed by atoms with Crippen LogP contribution in [0.2, 0.25) is 0 Å². The van der Waals surface area contributed by atoms with Gasteiger partial charge in [-0.2, -0.15) is 0 Å². The highest BCUT2D eigenvalue weighted by molar-refractivity contribution is 5.08. The molecular formula is C16H27N3O2. The predicted octanol–water partition coefficient (Wildman–Crippen LogP) is 0.985. The minimum absolute atomic E-state index is 0.177. The molecule has 1 aliphatic rings. The zero-order valence-electron chi connectivity index (χ0n) is 13.1. The monoisotopic (exact) mass is 293 g/mol. The summed E-state index contributed by atoms with van der Waals surface area (Å²) in [5.74, 6) is 0. The Hall–Kier alpha value is -1.01. The van der Waals surface area contributed by atoms with Gasteiger partial charge >= 0.3 is 0 Å². The van der Waals surface area contributed by atoms with Crippen molar-refractivity contribution in [3.05, 3.63) is 30.1 Å². The Morgan fingerprint density at radius 2 is 1.95 bits per heavy atom. The number of aromatic nitrogens is 1. The summed E-state index contributed by atoms with van der Waals surface area (Å²) in [4.78, 5) is 8.90. The van der Waals surface area contributed by atoms with E-state index in [4.69, 9.17) is 4.74 Å². The van der Waals surface area contributed by atoms with Crippen LogP contribution in [-0.2, 0) is 11.3 Å². The molecule has 1 aliphatic heterocycles. The van der Waals surface area contributed by atoms with Crippen molar-refractivity contribution < 1.29 is 9.84 Å². The molecule has 0 aliphatic carbocycles.